The molecule has 0 aliphatic carbocycles. The number of carbonyl (C=O) groups excluding carboxylic acids is 2. The van der Waals surface area contributed by atoms with Gasteiger partial charge in [-0.15, -0.1) is 0 Å². The van der Waals surface area contributed by atoms with Gasteiger partial charge in [-0.05, 0) is 31.6 Å². The van der Waals surface area contributed by atoms with Crippen LogP contribution < -0.4 is 5.73 Å². The van der Waals surface area contributed by atoms with Crippen LogP contribution in [0, 0.1) is 0 Å². The molecule has 2 amide bonds. The standard InChI is InChI=1S/C20H26N4O2/c1-22(10-9-21)11-12-23(2)13-14-24-19(25)16-7-3-5-15-6-4-8-17(18(15)16)20(24)26/h3-8H,9-14,21H2,1-2H3. The lowest BCUT2D eigenvalue weighted by Crippen LogP contribution is -2.45. The summed E-state index contributed by atoms with van der Waals surface area (Å²) in [6, 6.07) is 11.2. The van der Waals surface area contributed by atoms with Gasteiger partial charge in [-0.3, -0.25) is 14.5 Å². The molecule has 0 atom stereocenters. The summed E-state index contributed by atoms with van der Waals surface area (Å²) >= 11 is 0. The van der Waals surface area contributed by atoms with Gasteiger partial charge in [0.15, 0.2) is 0 Å². The molecule has 0 radical (unpaired) electrons. The van der Waals surface area contributed by atoms with E-state index in [9.17, 15) is 9.59 Å². The molecule has 3 rings (SSSR count). The molecule has 1 aliphatic heterocycles. The highest BCUT2D eigenvalue weighted by Crippen LogP contribution is 2.29. The van der Waals surface area contributed by atoms with Crippen molar-refractivity contribution in [1.29, 1.82) is 0 Å². The van der Waals surface area contributed by atoms with Gasteiger partial charge in [0.05, 0.1) is 0 Å². The number of hydrogen-bond donors (Lipinski definition) is 1. The van der Waals surface area contributed by atoms with Crippen LogP contribution in [0.4, 0.5) is 0 Å². The Balaban J connectivity index is 1.69. The normalized spacial score (nSPS) is 14.1. The molecule has 0 saturated carbocycles. The minimum atomic E-state index is -0.201. The van der Waals surface area contributed by atoms with Crippen molar-refractivity contribution in [2.75, 3.05) is 53.4 Å². The van der Waals surface area contributed by atoms with Gasteiger partial charge in [0.2, 0.25) is 0 Å². The lowest BCUT2D eigenvalue weighted by atomic mass is 9.94. The smallest absolute Gasteiger partial charge is 0.261 e. The van der Waals surface area contributed by atoms with Gasteiger partial charge in [-0.25, -0.2) is 0 Å². The number of rotatable bonds is 8. The molecule has 0 bridgehead atoms. The van der Waals surface area contributed by atoms with E-state index in [0.717, 1.165) is 30.4 Å². The summed E-state index contributed by atoms with van der Waals surface area (Å²) in [6.07, 6.45) is 0. The van der Waals surface area contributed by atoms with Crippen LogP contribution in [0.15, 0.2) is 36.4 Å². The Morgan fingerprint density at radius 2 is 1.38 bits per heavy atom. The first-order valence-corrected chi connectivity index (χ1v) is 8.98. The Bertz CT molecular complexity index is 770. The molecule has 2 aromatic carbocycles. The molecule has 6 nitrogen and oxygen atoms in total. The molecule has 1 heterocycles. The van der Waals surface area contributed by atoms with Crippen LogP contribution in [0.25, 0.3) is 10.8 Å². The molecule has 6 heteroatoms. The van der Waals surface area contributed by atoms with Crippen molar-refractivity contribution in [3.8, 4) is 0 Å². The van der Waals surface area contributed by atoms with Gasteiger partial charge in [-0.2, -0.15) is 0 Å². The Hall–Kier alpha value is -2.28. The van der Waals surface area contributed by atoms with E-state index >= 15 is 0 Å². The Labute approximate surface area is 154 Å². The van der Waals surface area contributed by atoms with Gasteiger partial charge in [-0.1, -0.05) is 24.3 Å². The summed E-state index contributed by atoms with van der Waals surface area (Å²) < 4.78 is 0. The highest BCUT2D eigenvalue weighted by Gasteiger charge is 2.32. The largest absolute Gasteiger partial charge is 0.329 e. The molecule has 0 unspecified atom stereocenters. The predicted molar refractivity (Wildman–Crippen MR) is 103 cm³/mol. The maximum atomic E-state index is 12.8. The van der Waals surface area contributed by atoms with Crippen molar-refractivity contribution < 1.29 is 9.59 Å². The maximum Gasteiger partial charge on any atom is 0.261 e. The number of nitrogens with two attached hydrogens (primary N) is 1. The van der Waals surface area contributed by atoms with Crippen molar-refractivity contribution in [3.05, 3.63) is 47.5 Å². The first kappa shape index (κ1) is 18.5. The lowest BCUT2D eigenvalue weighted by molar-refractivity contribution is 0.0596. The van der Waals surface area contributed by atoms with Crippen LogP contribution in [0.3, 0.4) is 0 Å². The first-order chi connectivity index (χ1) is 12.5. The fourth-order valence-corrected chi connectivity index (χ4v) is 3.34. The highest BCUT2D eigenvalue weighted by atomic mass is 16.2. The topological polar surface area (TPSA) is 69.9 Å². The molecule has 0 saturated heterocycles. The zero-order valence-corrected chi connectivity index (χ0v) is 15.4. The molecule has 26 heavy (non-hydrogen) atoms. The second-order valence-electron chi connectivity index (χ2n) is 6.87. The van der Waals surface area contributed by atoms with E-state index in [1.165, 1.54) is 4.90 Å². The highest BCUT2D eigenvalue weighted by molar-refractivity contribution is 6.25. The van der Waals surface area contributed by atoms with Gasteiger partial charge in [0.1, 0.15) is 0 Å². The van der Waals surface area contributed by atoms with Crippen molar-refractivity contribution in [2.45, 2.75) is 0 Å². The number of benzene rings is 2. The van der Waals surface area contributed by atoms with E-state index in [1.807, 2.05) is 38.4 Å². The third kappa shape index (κ3) is 3.62. The SMILES string of the molecule is CN(CCN)CCN(C)CCN1C(=O)c2cccc3cccc(c23)C1=O. The average Bonchev–Trinajstić information content (AvgIpc) is 2.64. The number of imide groups is 1. The first-order valence-electron chi connectivity index (χ1n) is 8.98. The van der Waals surface area contributed by atoms with E-state index in [-0.39, 0.29) is 11.8 Å². The second-order valence-corrected chi connectivity index (χ2v) is 6.87. The number of likely N-dealkylation sites (N-methyl/N-ethyl adjacent to an activating group) is 2. The van der Waals surface area contributed by atoms with Crippen LogP contribution in [0.5, 0.6) is 0 Å². The Morgan fingerprint density at radius 1 is 0.846 bits per heavy atom. The molecule has 138 valence electrons. The zero-order chi connectivity index (χ0) is 18.7. The fraction of sp³-hybridized carbons (Fsp3) is 0.400. The number of amides is 2. The molecule has 0 fully saturated rings. The van der Waals surface area contributed by atoms with E-state index in [2.05, 4.69) is 9.80 Å². The van der Waals surface area contributed by atoms with Crippen molar-refractivity contribution in [1.82, 2.24) is 14.7 Å². The van der Waals surface area contributed by atoms with Crippen LogP contribution in [0.1, 0.15) is 20.7 Å². The molecule has 2 aromatic rings. The third-order valence-electron chi connectivity index (χ3n) is 4.94. The summed E-state index contributed by atoms with van der Waals surface area (Å²) in [7, 11) is 4.04. The van der Waals surface area contributed by atoms with Gasteiger partial charge < -0.3 is 15.5 Å². The van der Waals surface area contributed by atoms with Crippen molar-refractivity contribution in [3.63, 3.8) is 0 Å². The minimum Gasteiger partial charge on any atom is -0.329 e. The quantitative estimate of drug-likeness (QED) is 0.723. The second kappa shape index (κ2) is 7.95. The average molecular weight is 354 g/mol. The Morgan fingerprint density at radius 3 is 1.92 bits per heavy atom. The van der Waals surface area contributed by atoms with E-state index < -0.39 is 0 Å². The predicted octanol–water partition coefficient (Wildman–Crippen LogP) is 1.26. The molecule has 0 aromatic heterocycles. The summed E-state index contributed by atoms with van der Waals surface area (Å²) in [5, 5.41) is 1.71. The fourth-order valence-electron chi connectivity index (χ4n) is 3.34. The number of hydrogen-bond acceptors (Lipinski definition) is 5. The zero-order valence-electron chi connectivity index (χ0n) is 15.4. The summed E-state index contributed by atoms with van der Waals surface area (Å²) in [4.78, 5) is 31.4. The van der Waals surface area contributed by atoms with Crippen LogP contribution >= 0.6 is 0 Å². The monoisotopic (exact) mass is 354 g/mol. The van der Waals surface area contributed by atoms with Gasteiger partial charge in [0, 0.05) is 55.8 Å². The van der Waals surface area contributed by atoms with Crippen LogP contribution in [-0.4, -0.2) is 79.9 Å². The Kier molecular flexibility index (Phi) is 5.66. The van der Waals surface area contributed by atoms with Crippen LogP contribution in [0.2, 0.25) is 0 Å². The van der Waals surface area contributed by atoms with E-state index in [4.69, 9.17) is 5.73 Å². The molecule has 1 aliphatic rings. The van der Waals surface area contributed by atoms with Gasteiger partial charge in [0.25, 0.3) is 11.8 Å². The summed E-state index contributed by atoms with van der Waals surface area (Å²) in [6.45, 7) is 4.29. The number of carbonyl (C=O) groups is 2. The number of nitrogens with zero attached hydrogens (tertiary/aromatic N) is 3. The molecule has 2 N–H and O–H groups in total. The molecular weight excluding hydrogens is 328 g/mol. The lowest BCUT2D eigenvalue weighted by Gasteiger charge is -2.29. The summed E-state index contributed by atoms with van der Waals surface area (Å²) in [5.41, 5.74) is 6.78. The van der Waals surface area contributed by atoms with Crippen molar-refractivity contribution >= 4 is 22.6 Å². The van der Waals surface area contributed by atoms with E-state index in [1.54, 1.807) is 12.1 Å². The third-order valence-corrected chi connectivity index (χ3v) is 4.94. The van der Waals surface area contributed by atoms with Crippen LogP contribution in [-0.2, 0) is 0 Å². The van der Waals surface area contributed by atoms with Gasteiger partial charge >= 0.3 is 0 Å². The maximum absolute atomic E-state index is 12.8. The minimum absolute atomic E-state index is 0.201. The molecule has 0 spiro atoms. The molecular formula is C20H26N4O2. The summed E-state index contributed by atoms with van der Waals surface area (Å²) in [5.74, 6) is -0.402. The van der Waals surface area contributed by atoms with Crippen molar-refractivity contribution in [2.24, 2.45) is 5.73 Å². The van der Waals surface area contributed by atoms with E-state index in [0.29, 0.717) is 30.8 Å².